The number of fused-ring (bicyclic) bond motifs is 1. The standard InChI is InChI=1S/C15H17NO2/c1-2-12-9-16-10-13-8-11(6-7-14(12)13)4-3-5-15(17)18/h6-10H,2-5H2,1H3,(H,17,18). The highest BCUT2D eigenvalue weighted by Gasteiger charge is 2.02. The number of carbonyl (C=O) groups is 1. The number of hydrogen-bond donors (Lipinski definition) is 1. The van der Waals surface area contributed by atoms with Crippen molar-refractivity contribution in [2.45, 2.75) is 32.6 Å². The van der Waals surface area contributed by atoms with Crippen molar-refractivity contribution in [3.05, 3.63) is 41.7 Å². The molecule has 1 aromatic carbocycles. The Labute approximate surface area is 106 Å². The van der Waals surface area contributed by atoms with Gasteiger partial charge in [-0.2, -0.15) is 0 Å². The van der Waals surface area contributed by atoms with Crippen LogP contribution in [0.4, 0.5) is 0 Å². The molecule has 0 saturated carbocycles. The van der Waals surface area contributed by atoms with E-state index in [0.717, 1.165) is 18.2 Å². The fourth-order valence-electron chi connectivity index (χ4n) is 2.17. The zero-order chi connectivity index (χ0) is 13.0. The molecule has 0 atom stereocenters. The van der Waals surface area contributed by atoms with E-state index in [-0.39, 0.29) is 6.42 Å². The number of aliphatic carboxylic acids is 1. The predicted molar refractivity (Wildman–Crippen MR) is 71.7 cm³/mol. The number of carboxylic acids is 1. The number of hydrogen-bond acceptors (Lipinski definition) is 2. The Morgan fingerprint density at radius 3 is 2.89 bits per heavy atom. The number of aryl methyl sites for hydroxylation is 2. The summed E-state index contributed by atoms with van der Waals surface area (Å²) in [6, 6.07) is 6.32. The van der Waals surface area contributed by atoms with Crippen LogP contribution in [-0.4, -0.2) is 16.1 Å². The van der Waals surface area contributed by atoms with Crippen LogP contribution in [0.25, 0.3) is 10.8 Å². The van der Waals surface area contributed by atoms with Crippen molar-refractivity contribution in [1.82, 2.24) is 4.98 Å². The number of rotatable bonds is 5. The smallest absolute Gasteiger partial charge is 0.303 e. The zero-order valence-corrected chi connectivity index (χ0v) is 10.5. The van der Waals surface area contributed by atoms with Crippen LogP contribution in [0, 0.1) is 0 Å². The molecular weight excluding hydrogens is 226 g/mol. The minimum Gasteiger partial charge on any atom is -0.481 e. The molecule has 1 aromatic heterocycles. The Bertz CT molecular complexity index is 563. The summed E-state index contributed by atoms with van der Waals surface area (Å²) < 4.78 is 0. The summed E-state index contributed by atoms with van der Waals surface area (Å²) in [5.41, 5.74) is 2.43. The third kappa shape index (κ3) is 2.86. The van der Waals surface area contributed by atoms with Crippen LogP contribution in [0.3, 0.4) is 0 Å². The molecule has 0 spiro atoms. The lowest BCUT2D eigenvalue weighted by Crippen LogP contribution is -1.96. The zero-order valence-electron chi connectivity index (χ0n) is 10.5. The Balaban J connectivity index is 2.20. The first-order valence-electron chi connectivity index (χ1n) is 6.28. The molecule has 0 bridgehead atoms. The van der Waals surface area contributed by atoms with E-state index in [1.54, 1.807) is 0 Å². The van der Waals surface area contributed by atoms with E-state index >= 15 is 0 Å². The SMILES string of the molecule is CCc1cncc2cc(CCCC(=O)O)ccc12. The molecule has 18 heavy (non-hydrogen) atoms. The Kier molecular flexibility index (Phi) is 3.92. The summed E-state index contributed by atoms with van der Waals surface area (Å²) in [5, 5.41) is 11.0. The van der Waals surface area contributed by atoms with Gasteiger partial charge in [-0.1, -0.05) is 19.1 Å². The second-order valence-electron chi connectivity index (χ2n) is 4.45. The van der Waals surface area contributed by atoms with E-state index in [9.17, 15) is 4.79 Å². The molecule has 0 unspecified atom stereocenters. The first kappa shape index (κ1) is 12.6. The van der Waals surface area contributed by atoms with Crippen LogP contribution in [0.1, 0.15) is 30.9 Å². The van der Waals surface area contributed by atoms with Crippen LogP contribution in [0.15, 0.2) is 30.6 Å². The van der Waals surface area contributed by atoms with Crippen molar-refractivity contribution in [2.24, 2.45) is 0 Å². The Morgan fingerprint density at radius 2 is 2.17 bits per heavy atom. The number of nitrogens with zero attached hydrogens (tertiary/aromatic N) is 1. The lowest BCUT2D eigenvalue weighted by atomic mass is 10.0. The van der Waals surface area contributed by atoms with Gasteiger partial charge in [0.1, 0.15) is 0 Å². The van der Waals surface area contributed by atoms with E-state index in [1.807, 2.05) is 12.4 Å². The summed E-state index contributed by atoms with van der Waals surface area (Å²) in [6.07, 6.45) is 6.47. The molecule has 1 N–H and O–H groups in total. The van der Waals surface area contributed by atoms with Gasteiger partial charge in [-0.05, 0) is 41.8 Å². The highest BCUT2D eigenvalue weighted by atomic mass is 16.4. The van der Waals surface area contributed by atoms with Gasteiger partial charge in [0.25, 0.3) is 0 Å². The van der Waals surface area contributed by atoms with Gasteiger partial charge in [-0.3, -0.25) is 9.78 Å². The van der Waals surface area contributed by atoms with Gasteiger partial charge in [0, 0.05) is 24.2 Å². The average Bonchev–Trinajstić information content (AvgIpc) is 2.37. The molecule has 0 aliphatic heterocycles. The maximum atomic E-state index is 10.5. The van der Waals surface area contributed by atoms with Crippen molar-refractivity contribution in [2.75, 3.05) is 0 Å². The maximum absolute atomic E-state index is 10.5. The predicted octanol–water partition coefficient (Wildman–Crippen LogP) is 3.20. The van der Waals surface area contributed by atoms with Crippen molar-refractivity contribution >= 4 is 16.7 Å². The van der Waals surface area contributed by atoms with Crippen molar-refractivity contribution < 1.29 is 9.90 Å². The van der Waals surface area contributed by atoms with Gasteiger partial charge in [0.15, 0.2) is 0 Å². The van der Waals surface area contributed by atoms with Gasteiger partial charge >= 0.3 is 5.97 Å². The molecule has 0 aliphatic carbocycles. The first-order chi connectivity index (χ1) is 8.70. The second-order valence-corrected chi connectivity index (χ2v) is 4.45. The second kappa shape index (κ2) is 5.63. The summed E-state index contributed by atoms with van der Waals surface area (Å²) in [6.45, 7) is 2.12. The third-order valence-corrected chi connectivity index (χ3v) is 3.14. The first-order valence-corrected chi connectivity index (χ1v) is 6.28. The molecule has 0 saturated heterocycles. The van der Waals surface area contributed by atoms with E-state index in [2.05, 4.69) is 30.1 Å². The largest absolute Gasteiger partial charge is 0.481 e. The van der Waals surface area contributed by atoms with Gasteiger partial charge in [-0.15, -0.1) is 0 Å². The van der Waals surface area contributed by atoms with Crippen molar-refractivity contribution in [3.8, 4) is 0 Å². The lowest BCUT2D eigenvalue weighted by molar-refractivity contribution is -0.137. The van der Waals surface area contributed by atoms with E-state index in [0.29, 0.717) is 6.42 Å². The third-order valence-electron chi connectivity index (χ3n) is 3.14. The topological polar surface area (TPSA) is 50.2 Å². The molecule has 94 valence electrons. The summed E-state index contributed by atoms with van der Waals surface area (Å²) in [7, 11) is 0. The van der Waals surface area contributed by atoms with Gasteiger partial charge in [0.05, 0.1) is 0 Å². The quantitative estimate of drug-likeness (QED) is 0.877. The molecule has 3 nitrogen and oxygen atoms in total. The number of benzene rings is 1. The van der Waals surface area contributed by atoms with Crippen LogP contribution in [0.5, 0.6) is 0 Å². The normalized spacial score (nSPS) is 10.7. The molecule has 1 heterocycles. The fraction of sp³-hybridized carbons (Fsp3) is 0.333. The maximum Gasteiger partial charge on any atom is 0.303 e. The highest BCUT2D eigenvalue weighted by Crippen LogP contribution is 2.20. The average molecular weight is 243 g/mol. The molecule has 2 rings (SSSR count). The van der Waals surface area contributed by atoms with E-state index in [4.69, 9.17) is 5.11 Å². The van der Waals surface area contributed by atoms with Gasteiger partial charge < -0.3 is 5.11 Å². The molecule has 0 amide bonds. The minimum absolute atomic E-state index is 0.227. The van der Waals surface area contributed by atoms with E-state index < -0.39 is 5.97 Å². The van der Waals surface area contributed by atoms with Crippen LogP contribution in [0.2, 0.25) is 0 Å². The number of carboxylic acid groups (broad SMARTS) is 1. The van der Waals surface area contributed by atoms with Gasteiger partial charge in [0.2, 0.25) is 0 Å². The van der Waals surface area contributed by atoms with Crippen molar-refractivity contribution in [3.63, 3.8) is 0 Å². The molecule has 0 radical (unpaired) electrons. The lowest BCUT2D eigenvalue weighted by Gasteiger charge is -2.06. The van der Waals surface area contributed by atoms with E-state index in [1.165, 1.54) is 16.5 Å². The Morgan fingerprint density at radius 1 is 1.33 bits per heavy atom. The molecular formula is C15H17NO2. The van der Waals surface area contributed by atoms with Crippen molar-refractivity contribution in [1.29, 1.82) is 0 Å². The highest BCUT2D eigenvalue weighted by molar-refractivity contribution is 5.85. The molecule has 0 aliphatic rings. The van der Waals surface area contributed by atoms with Crippen LogP contribution in [-0.2, 0) is 17.6 Å². The summed E-state index contributed by atoms with van der Waals surface area (Å²) in [4.78, 5) is 14.7. The molecule has 0 fully saturated rings. The minimum atomic E-state index is -0.731. The monoisotopic (exact) mass is 243 g/mol. The molecule has 3 heteroatoms. The fourth-order valence-corrected chi connectivity index (χ4v) is 2.17. The summed E-state index contributed by atoms with van der Waals surface area (Å²) in [5.74, 6) is -0.731. The number of aromatic nitrogens is 1. The molecule has 2 aromatic rings. The Hall–Kier alpha value is -1.90. The van der Waals surface area contributed by atoms with Crippen LogP contribution >= 0.6 is 0 Å². The van der Waals surface area contributed by atoms with Crippen LogP contribution < -0.4 is 0 Å². The number of pyridine rings is 1. The van der Waals surface area contributed by atoms with Gasteiger partial charge in [-0.25, -0.2) is 0 Å². The summed E-state index contributed by atoms with van der Waals surface area (Å²) >= 11 is 0.